The summed E-state index contributed by atoms with van der Waals surface area (Å²) in [4.78, 5) is 31.2. The standard InChI is InChI=1S/C22H31FN4O3/c23-19-1-3-20(4-2-19)27-8-5-17(16-27)15-24-22(29)26-9-6-18(7-10-26)21(28)25-11-13-30-14-12-25/h1-4,17-18H,5-16H2,(H,24,29). The fraction of sp³-hybridized carbons (Fsp3) is 0.636. The number of carbonyl (C=O) groups is 2. The van der Waals surface area contributed by atoms with Gasteiger partial charge in [-0.1, -0.05) is 0 Å². The predicted octanol–water partition coefficient (Wildman–Crippen LogP) is 1.93. The van der Waals surface area contributed by atoms with E-state index in [0.29, 0.717) is 51.9 Å². The first kappa shape index (κ1) is 20.9. The van der Waals surface area contributed by atoms with E-state index in [1.165, 1.54) is 12.1 Å². The first-order valence-corrected chi connectivity index (χ1v) is 11.0. The molecule has 164 valence electrons. The van der Waals surface area contributed by atoms with Crippen LogP contribution in [-0.4, -0.2) is 80.8 Å². The smallest absolute Gasteiger partial charge is 0.317 e. The molecule has 0 saturated carbocycles. The van der Waals surface area contributed by atoms with Crippen LogP contribution in [0.4, 0.5) is 14.9 Å². The van der Waals surface area contributed by atoms with Gasteiger partial charge in [-0.3, -0.25) is 4.79 Å². The van der Waals surface area contributed by atoms with E-state index in [1.54, 1.807) is 12.1 Å². The Morgan fingerprint density at radius 1 is 0.967 bits per heavy atom. The molecule has 30 heavy (non-hydrogen) atoms. The van der Waals surface area contributed by atoms with E-state index in [0.717, 1.165) is 38.0 Å². The molecule has 0 radical (unpaired) electrons. The molecule has 3 aliphatic rings. The van der Waals surface area contributed by atoms with Crippen molar-refractivity contribution in [3.8, 4) is 0 Å². The largest absolute Gasteiger partial charge is 0.378 e. The highest BCUT2D eigenvalue weighted by atomic mass is 19.1. The van der Waals surface area contributed by atoms with E-state index >= 15 is 0 Å². The second-order valence-electron chi connectivity index (χ2n) is 8.46. The molecule has 8 heteroatoms. The quantitative estimate of drug-likeness (QED) is 0.812. The molecule has 7 nitrogen and oxygen atoms in total. The molecule has 0 bridgehead atoms. The van der Waals surface area contributed by atoms with Crippen molar-refractivity contribution in [1.29, 1.82) is 0 Å². The molecule has 4 rings (SSSR count). The Hall–Kier alpha value is -2.35. The Morgan fingerprint density at radius 2 is 1.67 bits per heavy atom. The lowest BCUT2D eigenvalue weighted by Crippen LogP contribution is -2.50. The number of ether oxygens (including phenoxy) is 1. The lowest BCUT2D eigenvalue weighted by molar-refractivity contribution is -0.141. The number of carbonyl (C=O) groups excluding carboxylic acids is 2. The summed E-state index contributed by atoms with van der Waals surface area (Å²) in [6.45, 7) is 6.26. The highest BCUT2D eigenvalue weighted by Crippen LogP contribution is 2.24. The molecule has 0 aliphatic carbocycles. The summed E-state index contributed by atoms with van der Waals surface area (Å²) in [5, 5.41) is 3.07. The lowest BCUT2D eigenvalue weighted by Gasteiger charge is -2.35. The van der Waals surface area contributed by atoms with Crippen molar-refractivity contribution < 1.29 is 18.7 Å². The van der Waals surface area contributed by atoms with Gasteiger partial charge in [-0.05, 0) is 49.4 Å². The third kappa shape index (κ3) is 5.03. The van der Waals surface area contributed by atoms with Gasteiger partial charge in [0.05, 0.1) is 13.2 Å². The molecular formula is C22H31FN4O3. The minimum atomic E-state index is -0.225. The highest BCUT2D eigenvalue weighted by molar-refractivity contribution is 5.80. The Morgan fingerprint density at radius 3 is 2.37 bits per heavy atom. The summed E-state index contributed by atoms with van der Waals surface area (Å²) in [6.07, 6.45) is 2.46. The van der Waals surface area contributed by atoms with Gasteiger partial charge in [-0.2, -0.15) is 0 Å². The van der Waals surface area contributed by atoms with Crippen molar-refractivity contribution in [2.24, 2.45) is 11.8 Å². The Balaban J connectivity index is 1.17. The Labute approximate surface area is 177 Å². The molecular weight excluding hydrogens is 387 g/mol. The fourth-order valence-corrected chi connectivity index (χ4v) is 4.60. The number of nitrogens with one attached hydrogen (secondary N) is 1. The van der Waals surface area contributed by atoms with Crippen LogP contribution in [0.15, 0.2) is 24.3 Å². The molecule has 1 aromatic rings. The van der Waals surface area contributed by atoms with Crippen LogP contribution >= 0.6 is 0 Å². The van der Waals surface area contributed by atoms with Crippen LogP contribution in [0.2, 0.25) is 0 Å². The number of hydrogen-bond donors (Lipinski definition) is 1. The van der Waals surface area contributed by atoms with Crippen molar-refractivity contribution in [3.05, 3.63) is 30.1 Å². The number of halogens is 1. The van der Waals surface area contributed by atoms with Gasteiger partial charge >= 0.3 is 6.03 Å². The maximum atomic E-state index is 13.1. The Kier molecular flexibility index (Phi) is 6.72. The van der Waals surface area contributed by atoms with Crippen LogP contribution in [0.25, 0.3) is 0 Å². The molecule has 3 saturated heterocycles. The van der Waals surface area contributed by atoms with E-state index < -0.39 is 0 Å². The number of benzene rings is 1. The molecule has 3 aliphatic heterocycles. The Bertz CT molecular complexity index is 730. The summed E-state index contributed by atoms with van der Waals surface area (Å²) in [7, 11) is 0. The average molecular weight is 419 g/mol. The van der Waals surface area contributed by atoms with Crippen molar-refractivity contribution in [2.75, 3.05) is 63.9 Å². The number of morpholine rings is 1. The van der Waals surface area contributed by atoms with Gasteiger partial charge in [0.25, 0.3) is 0 Å². The van der Waals surface area contributed by atoms with Gasteiger partial charge in [0, 0.05) is 57.4 Å². The lowest BCUT2D eigenvalue weighted by atomic mass is 9.95. The zero-order valence-electron chi connectivity index (χ0n) is 17.4. The molecule has 3 fully saturated rings. The molecule has 1 N–H and O–H groups in total. The first-order valence-electron chi connectivity index (χ1n) is 11.0. The van der Waals surface area contributed by atoms with Crippen molar-refractivity contribution in [3.63, 3.8) is 0 Å². The topological polar surface area (TPSA) is 65.1 Å². The highest BCUT2D eigenvalue weighted by Gasteiger charge is 2.31. The number of likely N-dealkylation sites (tertiary alicyclic amines) is 1. The van der Waals surface area contributed by atoms with E-state index in [9.17, 15) is 14.0 Å². The minimum Gasteiger partial charge on any atom is -0.378 e. The third-order valence-corrected chi connectivity index (χ3v) is 6.47. The zero-order valence-corrected chi connectivity index (χ0v) is 17.4. The number of amides is 3. The van der Waals surface area contributed by atoms with E-state index in [4.69, 9.17) is 4.74 Å². The number of piperidine rings is 1. The summed E-state index contributed by atoms with van der Waals surface area (Å²) >= 11 is 0. The summed E-state index contributed by atoms with van der Waals surface area (Å²) < 4.78 is 18.4. The van der Waals surface area contributed by atoms with E-state index in [2.05, 4.69) is 10.2 Å². The number of nitrogens with zero attached hydrogens (tertiary/aromatic N) is 3. The maximum absolute atomic E-state index is 13.1. The third-order valence-electron chi connectivity index (χ3n) is 6.47. The van der Waals surface area contributed by atoms with Crippen molar-refractivity contribution >= 4 is 17.6 Å². The monoisotopic (exact) mass is 418 g/mol. The molecule has 0 aromatic heterocycles. The van der Waals surface area contributed by atoms with Gasteiger partial charge in [0.15, 0.2) is 0 Å². The van der Waals surface area contributed by atoms with Gasteiger partial charge in [0.1, 0.15) is 5.82 Å². The molecule has 1 aromatic carbocycles. The second-order valence-corrected chi connectivity index (χ2v) is 8.46. The van der Waals surface area contributed by atoms with Crippen LogP contribution in [0, 0.1) is 17.7 Å². The molecule has 1 unspecified atom stereocenters. The number of anilines is 1. The molecule has 3 heterocycles. The SMILES string of the molecule is O=C(NCC1CCN(c2ccc(F)cc2)C1)N1CCC(C(=O)N2CCOCC2)CC1. The van der Waals surface area contributed by atoms with E-state index in [-0.39, 0.29) is 23.7 Å². The van der Waals surface area contributed by atoms with Gasteiger partial charge < -0.3 is 24.8 Å². The first-order chi connectivity index (χ1) is 14.6. The average Bonchev–Trinajstić information content (AvgIpc) is 3.27. The molecule has 0 spiro atoms. The van der Waals surface area contributed by atoms with Gasteiger partial charge in [-0.15, -0.1) is 0 Å². The minimum absolute atomic E-state index is 0.0197. The summed E-state index contributed by atoms with van der Waals surface area (Å²) in [6, 6.07) is 6.54. The van der Waals surface area contributed by atoms with Crippen molar-refractivity contribution in [2.45, 2.75) is 19.3 Å². The van der Waals surface area contributed by atoms with Crippen LogP contribution < -0.4 is 10.2 Å². The normalized spacial score (nSPS) is 23.0. The summed E-state index contributed by atoms with van der Waals surface area (Å²) in [5.74, 6) is 0.396. The predicted molar refractivity (Wildman–Crippen MR) is 112 cm³/mol. The fourth-order valence-electron chi connectivity index (χ4n) is 4.60. The summed E-state index contributed by atoms with van der Waals surface area (Å²) in [5.41, 5.74) is 1.03. The molecule has 3 amide bonds. The van der Waals surface area contributed by atoms with Crippen molar-refractivity contribution in [1.82, 2.24) is 15.1 Å². The van der Waals surface area contributed by atoms with Gasteiger partial charge in [0.2, 0.25) is 5.91 Å². The van der Waals surface area contributed by atoms with E-state index in [1.807, 2.05) is 9.80 Å². The maximum Gasteiger partial charge on any atom is 0.317 e. The van der Waals surface area contributed by atoms with Crippen LogP contribution in [-0.2, 0) is 9.53 Å². The van der Waals surface area contributed by atoms with Crippen LogP contribution in [0.3, 0.4) is 0 Å². The number of urea groups is 1. The number of hydrogen-bond acceptors (Lipinski definition) is 4. The van der Waals surface area contributed by atoms with Crippen LogP contribution in [0.1, 0.15) is 19.3 Å². The zero-order chi connectivity index (χ0) is 20.9. The second kappa shape index (κ2) is 9.64. The van der Waals surface area contributed by atoms with Crippen LogP contribution in [0.5, 0.6) is 0 Å². The van der Waals surface area contributed by atoms with Gasteiger partial charge in [-0.25, -0.2) is 9.18 Å². The molecule has 1 atom stereocenters. The number of rotatable bonds is 4.